The average Bonchev–Trinajstić information content (AvgIpc) is 2.42. The van der Waals surface area contributed by atoms with Crippen LogP contribution in [0, 0.1) is 5.92 Å². The molecule has 0 atom stereocenters. The summed E-state index contributed by atoms with van der Waals surface area (Å²) >= 11 is 6.20. The van der Waals surface area contributed by atoms with Gasteiger partial charge in [-0.2, -0.15) is 0 Å². The molecule has 0 aromatic heterocycles. The number of aliphatic hydroxyl groups excluding tert-OH is 1. The van der Waals surface area contributed by atoms with Gasteiger partial charge in [-0.1, -0.05) is 17.7 Å². The maximum absolute atomic E-state index is 9.48. The highest BCUT2D eigenvalue weighted by Crippen LogP contribution is 2.27. The SMILES string of the molecule is COc1cccc(Cl)c1CNCC1CCC(O)CC1. The van der Waals surface area contributed by atoms with Gasteiger partial charge in [-0.3, -0.25) is 0 Å². The number of hydrogen-bond acceptors (Lipinski definition) is 3. The van der Waals surface area contributed by atoms with E-state index in [4.69, 9.17) is 16.3 Å². The Hall–Kier alpha value is -0.770. The van der Waals surface area contributed by atoms with E-state index in [0.717, 1.165) is 55.1 Å². The highest BCUT2D eigenvalue weighted by atomic mass is 35.5. The summed E-state index contributed by atoms with van der Waals surface area (Å²) in [5.41, 5.74) is 1.02. The molecule has 1 aromatic rings. The van der Waals surface area contributed by atoms with E-state index in [9.17, 15) is 5.11 Å². The first kappa shape index (κ1) is 14.6. The summed E-state index contributed by atoms with van der Waals surface area (Å²) in [7, 11) is 1.66. The largest absolute Gasteiger partial charge is 0.496 e. The van der Waals surface area contributed by atoms with Crippen LogP contribution in [0.5, 0.6) is 5.75 Å². The molecule has 0 bridgehead atoms. The first-order chi connectivity index (χ1) is 9.20. The normalized spacial score (nSPS) is 23.3. The number of rotatable bonds is 5. The van der Waals surface area contributed by atoms with Crippen molar-refractivity contribution >= 4 is 11.6 Å². The van der Waals surface area contributed by atoms with Crippen molar-refractivity contribution in [3.8, 4) is 5.75 Å². The third kappa shape index (κ3) is 4.10. The lowest BCUT2D eigenvalue weighted by atomic mass is 9.87. The number of nitrogens with one attached hydrogen (secondary N) is 1. The van der Waals surface area contributed by atoms with Crippen molar-refractivity contribution in [1.82, 2.24) is 5.32 Å². The van der Waals surface area contributed by atoms with Gasteiger partial charge in [-0.15, -0.1) is 0 Å². The molecule has 106 valence electrons. The maximum Gasteiger partial charge on any atom is 0.124 e. The fourth-order valence-corrected chi connectivity index (χ4v) is 2.88. The summed E-state index contributed by atoms with van der Waals surface area (Å²) < 4.78 is 5.33. The third-order valence-electron chi connectivity index (χ3n) is 3.85. The minimum atomic E-state index is -0.0834. The van der Waals surface area contributed by atoms with Gasteiger partial charge in [-0.05, 0) is 50.3 Å². The Morgan fingerprint density at radius 2 is 2.05 bits per heavy atom. The molecule has 1 saturated carbocycles. The lowest BCUT2D eigenvalue weighted by molar-refractivity contribution is 0.108. The van der Waals surface area contributed by atoms with Crippen molar-refractivity contribution in [2.75, 3.05) is 13.7 Å². The molecule has 1 fully saturated rings. The van der Waals surface area contributed by atoms with Crippen LogP contribution in [0.15, 0.2) is 18.2 Å². The van der Waals surface area contributed by atoms with Gasteiger partial charge in [0.05, 0.1) is 13.2 Å². The first-order valence-corrected chi connectivity index (χ1v) is 7.28. The number of ether oxygens (including phenoxy) is 1. The van der Waals surface area contributed by atoms with E-state index in [1.807, 2.05) is 18.2 Å². The molecule has 0 heterocycles. The van der Waals surface area contributed by atoms with Crippen LogP contribution in [0.1, 0.15) is 31.2 Å². The maximum atomic E-state index is 9.48. The zero-order chi connectivity index (χ0) is 13.7. The summed E-state index contributed by atoms with van der Waals surface area (Å²) in [5.74, 6) is 1.50. The van der Waals surface area contributed by atoms with E-state index in [2.05, 4.69) is 5.32 Å². The van der Waals surface area contributed by atoms with Crippen LogP contribution in [0.2, 0.25) is 5.02 Å². The lowest BCUT2D eigenvalue weighted by Gasteiger charge is -2.25. The summed E-state index contributed by atoms with van der Waals surface area (Å²) in [6, 6.07) is 5.71. The highest BCUT2D eigenvalue weighted by Gasteiger charge is 2.19. The summed E-state index contributed by atoms with van der Waals surface area (Å²) in [4.78, 5) is 0. The highest BCUT2D eigenvalue weighted by molar-refractivity contribution is 6.31. The zero-order valence-corrected chi connectivity index (χ0v) is 12.1. The summed E-state index contributed by atoms with van der Waals surface area (Å²) in [5, 5.41) is 13.7. The molecule has 1 aliphatic carbocycles. The Kier molecular flexibility index (Phi) is 5.49. The average molecular weight is 284 g/mol. The Morgan fingerprint density at radius 3 is 2.74 bits per heavy atom. The second kappa shape index (κ2) is 7.13. The van der Waals surface area contributed by atoms with Crippen molar-refractivity contribution in [2.24, 2.45) is 5.92 Å². The molecule has 1 aromatic carbocycles. The molecule has 3 nitrogen and oxygen atoms in total. The number of hydrogen-bond donors (Lipinski definition) is 2. The molecule has 2 rings (SSSR count). The predicted octanol–water partition coefficient (Wildman–Crippen LogP) is 2.99. The first-order valence-electron chi connectivity index (χ1n) is 6.91. The van der Waals surface area contributed by atoms with Gasteiger partial charge in [0.2, 0.25) is 0 Å². The van der Waals surface area contributed by atoms with Crippen molar-refractivity contribution < 1.29 is 9.84 Å². The Labute approximate surface area is 119 Å². The molecule has 0 saturated heterocycles. The molecule has 4 heteroatoms. The van der Waals surface area contributed by atoms with E-state index in [1.165, 1.54) is 0 Å². The molecule has 19 heavy (non-hydrogen) atoms. The quantitative estimate of drug-likeness (QED) is 0.873. The lowest BCUT2D eigenvalue weighted by Crippen LogP contribution is -2.27. The van der Waals surface area contributed by atoms with Crippen LogP contribution in [0.25, 0.3) is 0 Å². The number of benzene rings is 1. The van der Waals surface area contributed by atoms with Crippen molar-refractivity contribution in [3.63, 3.8) is 0 Å². The Morgan fingerprint density at radius 1 is 1.32 bits per heavy atom. The Balaban J connectivity index is 1.82. The smallest absolute Gasteiger partial charge is 0.124 e. The van der Waals surface area contributed by atoms with E-state index in [-0.39, 0.29) is 6.10 Å². The number of halogens is 1. The van der Waals surface area contributed by atoms with Gasteiger partial charge in [0.15, 0.2) is 0 Å². The van der Waals surface area contributed by atoms with Gasteiger partial charge in [0, 0.05) is 17.1 Å². The van der Waals surface area contributed by atoms with Crippen LogP contribution in [-0.2, 0) is 6.54 Å². The second-order valence-electron chi connectivity index (χ2n) is 5.23. The zero-order valence-electron chi connectivity index (χ0n) is 11.4. The fraction of sp³-hybridized carbons (Fsp3) is 0.600. The standard InChI is InChI=1S/C15H22ClNO2/c1-19-15-4-2-3-14(16)13(15)10-17-9-11-5-7-12(18)8-6-11/h2-4,11-12,17-18H,5-10H2,1H3. The molecule has 0 spiro atoms. The van der Waals surface area contributed by atoms with E-state index in [1.54, 1.807) is 7.11 Å². The minimum absolute atomic E-state index is 0.0834. The molecule has 0 aliphatic heterocycles. The topological polar surface area (TPSA) is 41.5 Å². The van der Waals surface area contributed by atoms with Crippen LogP contribution in [-0.4, -0.2) is 24.9 Å². The van der Waals surface area contributed by atoms with Crippen molar-refractivity contribution in [3.05, 3.63) is 28.8 Å². The molecule has 1 aliphatic rings. The van der Waals surface area contributed by atoms with Gasteiger partial charge in [0.1, 0.15) is 5.75 Å². The van der Waals surface area contributed by atoms with Gasteiger partial charge in [0.25, 0.3) is 0 Å². The molecular weight excluding hydrogens is 262 g/mol. The van der Waals surface area contributed by atoms with E-state index < -0.39 is 0 Å². The fourth-order valence-electron chi connectivity index (χ4n) is 2.65. The number of methoxy groups -OCH3 is 1. The predicted molar refractivity (Wildman–Crippen MR) is 77.7 cm³/mol. The minimum Gasteiger partial charge on any atom is -0.496 e. The number of aliphatic hydroxyl groups is 1. The molecule has 0 radical (unpaired) electrons. The van der Waals surface area contributed by atoms with Crippen molar-refractivity contribution in [1.29, 1.82) is 0 Å². The van der Waals surface area contributed by atoms with Crippen molar-refractivity contribution in [2.45, 2.75) is 38.3 Å². The Bertz CT molecular complexity index is 403. The third-order valence-corrected chi connectivity index (χ3v) is 4.20. The summed E-state index contributed by atoms with van der Waals surface area (Å²) in [6.45, 7) is 1.70. The molecule has 0 unspecified atom stereocenters. The summed E-state index contributed by atoms with van der Waals surface area (Å²) in [6.07, 6.45) is 3.99. The van der Waals surface area contributed by atoms with Gasteiger partial charge in [-0.25, -0.2) is 0 Å². The van der Waals surface area contributed by atoms with E-state index in [0.29, 0.717) is 5.92 Å². The molecular formula is C15H22ClNO2. The van der Waals surface area contributed by atoms with Gasteiger partial charge >= 0.3 is 0 Å². The van der Waals surface area contributed by atoms with Gasteiger partial charge < -0.3 is 15.2 Å². The van der Waals surface area contributed by atoms with Crippen LogP contribution < -0.4 is 10.1 Å². The van der Waals surface area contributed by atoms with Crippen LogP contribution in [0.3, 0.4) is 0 Å². The molecule has 0 amide bonds. The second-order valence-corrected chi connectivity index (χ2v) is 5.63. The van der Waals surface area contributed by atoms with E-state index >= 15 is 0 Å². The monoisotopic (exact) mass is 283 g/mol. The van der Waals surface area contributed by atoms with Crippen LogP contribution in [0.4, 0.5) is 0 Å². The molecule has 2 N–H and O–H groups in total. The van der Waals surface area contributed by atoms with Crippen LogP contribution >= 0.6 is 11.6 Å².